The van der Waals surface area contributed by atoms with E-state index >= 15 is 0 Å². The lowest BCUT2D eigenvalue weighted by Gasteiger charge is -2.18. The van der Waals surface area contributed by atoms with E-state index in [0.717, 1.165) is 4.90 Å². The van der Waals surface area contributed by atoms with Gasteiger partial charge in [0.15, 0.2) is 6.61 Å². The molecule has 0 radical (unpaired) electrons. The lowest BCUT2D eigenvalue weighted by molar-refractivity contribution is -0.161. The van der Waals surface area contributed by atoms with Crippen molar-refractivity contribution in [2.45, 2.75) is 6.18 Å². The number of rotatable bonds is 1. The van der Waals surface area contributed by atoms with Crippen molar-refractivity contribution >= 4 is 6.09 Å². The van der Waals surface area contributed by atoms with E-state index in [4.69, 9.17) is 0 Å². The summed E-state index contributed by atoms with van der Waals surface area (Å²) >= 11 is 0. The van der Waals surface area contributed by atoms with Crippen LogP contribution in [0.1, 0.15) is 0 Å². The number of ether oxygens (including phenoxy) is 1. The van der Waals surface area contributed by atoms with Gasteiger partial charge in [-0.25, -0.2) is 4.79 Å². The zero-order chi connectivity index (χ0) is 10.6. The minimum atomic E-state index is -4.48. The van der Waals surface area contributed by atoms with Gasteiger partial charge in [-0.15, -0.1) is 0 Å². The zero-order valence-corrected chi connectivity index (χ0v) is 7.12. The lowest BCUT2D eigenvalue weighted by Crippen LogP contribution is -2.31. The van der Waals surface area contributed by atoms with Crippen LogP contribution in [0, 0.1) is 0 Å². The molecule has 1 aliphatic heterocycles. The summed E-state index contributed by atoms with van der Waals surface area (Å²) in [6.07, 6.45) is 0.743. The third-order valence-corrected chi connectivity index (χ3v) is 1.41. The summed E-state index contributed by atoms with van der Waals surface area (Å²) in [5.41, 5.74) is 0. The molecular formula is C8H8F3NO2. The fourth-order valence-electron chi connectivity index (χ4n) is 0.829. The second kappa shape index (κ2) is 4.17. The smallest absolute Gasteiger partial charge is 0.422 e. The largest absolute Gasteiger partial charge is 0.440 e. The molecule has 0 unspecified atom stereocenters. The molecule has 0 aromatic heterocycles. The molecule has 0 saturated carbocycles. The topological polar surface area (TPSA) is 29.5 Å². The molecule has 0 saturated heterocycles. The van der Waals surface area contributed by atoms with E-state index < -0.39 is 18.9 Å². The van der Waals surface area contributed by atoms with Gasteiger partial charge in [-0.3, -0.25) is 4.90 Å². The predicted molar refractivity (Wildman–Crippen MR) is 42.4 cm³/mol. The number of allylic oxidation sites excluding steroid dienone is 2. The first kappa shape index (κ1) is 10.6. The van der Waals surface area contributed by atoms with E-state index in [1.54, 1.807) is 18.2 Å². The standard InChI is InChI=1S/C8H8F3NO2/c9-8(10,11)6-14-7(13)12-4-2-1-3-5-12/h1-4H,5-6H2. The van der Waals surface area contributed by atoms with Crippen LogP contribution in [0.4, 0.5) is 18.0 Å². The number of carbonyl (C=O) groups excluding carboxylic acids is 1. The van der Waals surface area contributed by atoms with Gasteiger partial charge in [0.25, 0.3) is 0 Å². The Bertz CT molecular complexity index is 270. The average molecular weight is 207 g/mol. The van der Waals surface area contributed by atoms with E-state index in [1.807, 2.05) is 0 Å². The normalized spacial score (nSPS) is 15.8. The highest BCUT2D eigenvalue weighted by molar-refractivity contribution is 5.69. The van der Waals surface area contributed by atoms with Crippen LogP contribution in [0.2, 0.25) is 0 Å². The van der Waals surface area contributed by atoms with Crippen LogP contribution in [0.5, 0.6) is 0 Å². The van der Waals surface area contributed by atoms with E-state index in [0.29, 0.717) is 0 Å². The van der Waals surface area contributed by atoms with Gasteiger partial charge in [-0.2, -0.15) is 13.2 Å². The van der Waals surface area contributed by atoms with Crippen LogP contribution < -0.4 is 0 Å². The highest BCUT2D eigenvalue weighted by Crippen LogP contribution is 2.15. The summed E-state index contributed by atoms with van der Waals surface area (Å²) in [5, 5.41) is 0. The van der Waals surface area contributed by atoms with Gasteiger partial charge in [-0.1, -0.05) is 12.2 Å². The summed E-state index contributed by atoms with van der Waals surface area (Å²) in [4.78, 5) is 12.0. The molecule has 1 aliphatic rings. The van der Waals surface area contributed by atoms with Gasteiger partial charge in [0.05, 0.1) is 0 Å². The number of alkyl halides is 3. The molecule has 1 heterocycles. The molecule has 1 rings (SSSR count). The van der Waals surface area contributed by atoms with Gasteiger partial charge >= 0.3 is 12.3 Å². The molecule has 78 valence electrons. The van der Waals surface area contributed by atoms with Crippen LogP contribution >= 0.6 is 0 Å². The van der Waals surface area contributed by atoms with Crippen LogP contribution in [0.3, 0.4) is 0 Å². The molecule has 0 atom stereocenters. The van der Waals surface area contributed by atoms with E-state index in [9.17, 15) is 18.0 Å². The number of carbonyl (C=O) groups is 1. The van der Waals surface area contributed by atoms with Gasteiger partial charge in [0.1, 0.15) is 0 Å². The first-order chi connectivity index (χ1) is 6.49. The van der Waals surface area contributed by atoms with Crippen molar-refractivity contribution < 1.29 is 22.7 Å². The molecule has 0 aliphatic carbocycles. The van der Waals surface area contributed by atoms with Crippen molar-refractivity contribution in [3.05, 3.63) is 24.4 Å². The Morgan fingerprint density at radius 1 is 1.43 bits per heavy atom. The summed E-state index contributed by atoms with van der Waals surface area (Å²) < 4.78 is 39.0. The maximum absolute atomic E-state index is 11.7. The van der Waals surface area contributed by atoms with Crippen molar-refractivity contribution in [2.24, 2.45) is 0 Å². The number of amides is 1. The Kier molecular flexibility index (Phi) is 3.16. The van der Waals surface area contributed by atoms with Gasteiger partial charge in [-0.05, 0) is 6.08 Å². The molecule has 6 heteroatoms. The molecule has 14 heavy (non-hydrogen) atoms. The van der Waals surface area contributed by atoms with Crippen molar-refractivity contribution in [3.63, 3.8) is 0 Å². The Morgan fingerprint density at radius 3 is 2.64 bits per heavy atom. The highest BCUT2D eigenvalue weighted by Gasteiger charge is 2.30. The first-order valence-corrected chi connectivity index (χ1v) is 3.82. The first-order valence-electron chi connectivity index (χ1n) is 3.82. The Hall–Kier alpha value is -1.46. The van der Waals surface area contributed by atoms with Crippen molar-refractivity contribution in [1.82, 2.24) is 4.90 Å². The van der Waals surface area contributed by atoms with Crippen molar-refractivity contribution in [3.8, 4) is 0 Å². The summed E-state index contributed by atoms with van der Waals surface area (Å²) in [5.74, 6) is 0. The Balaban J connectivity index is 2.36. The van der Waals surface area contributed by atoms with E-state index in [-0.39, 0.29) is 6.54 Å². The zero-order valence-electron chi connectivity index (χ0n) is 7.12. The van der Waals surface area contributed by atoms with Gasteiger partial charge in [0.2, 0.25) is 0 Å². The van der Waals surface area contributed by atoms with Crippen LogP contribution in [0.15, 0.2) is 24.4 Å². The number of hydrogen-bond acceptors (Lipinski definition) is 2. The highest BCUT2D eigenvalue weighted by atomic mass is 19.4. The van der Waals surface area contributed by atoms with Crippen molar-refractivity contribution in [2.75, 3.05) is 13.2 Å². The SMILES string of the molecule is O=C(OCC(F)(F)F)N1C=CC=CC1. The third kappa shape index (κ3) is 3.51. The molecule has 0 fully saturated rings. The molecule has 0 aromatic carbocycles. The quantitative estimate of drug-likeness (QED) is 0.658. The fourth-order valence-corrected chi connectivity index (χ4v) is 0.829. The second-order valence-electron chi connectivity index (χ2n) is 2.59. The maximum atomic E-state index is 11.7. The summed E-state index contributed by atoms with van der Waals surface area (Å²) in [6, 6.07) is 0. The van der Waals surface area contributed by atoms with Crippen LogP contribution in [-0.2, 0) is 4.74 Å². The molecule has 0 aromatic rings. The number of halogens is 3. The summed E-state index contributed by atoms with van der Waals surface area (Å²) in [7, 11) is 0. The Morgan fingerprint density at radius 2 is 2.14 bits per heavy atom. The third-order valence-electron chi connectivity index (χ3n) is 1.41. The summed E-state index contributed by atoms with van der Waals surface area (Å²) in [6.45, 7) is -1.33. The molecular weight excluding hydrogens is 199 g/mol. The average Bonchev–Trinajstić information content (AvgIpc) is 2.14. The maximum Gasteiger partial charge on any atom is 0.422 e. The minimum absolute atomic E-state index is 0.229. The lowest BCUT2D eigenvalue weighted by atomic mass is 10.4. The van der Waals surface area contributed by atoms with E-state index in [1.165, 1.54) is 6.20 Å². The van der Waals surface area contributed by atoms with E-state index in [2.05, 4.69) is 4.74 Å². The molecule has 0 spiro atoms. The number of nitrogens with zero attached hydrogens (tertiary/aromatic N) is 1. The van der Waals surface area contributed by atoms with Crippen LogP contribution in [0.25, 0.3) is 0 Å². The van der Waals surface area contributed by atoms with Gasteiger partial charge < -0.3 is 4.74 Å². The monoisotopic (exact) mass is 207 g/mol. The number of hydrogen-bond donors (Lipinski definition) is 0. The molecule has 0 N–H and O–H groups in total. The minimum Gasteiger partial charge on any atom is -0.440 e. The van der Waals surface area contributed by atoms with Crippen LogP contribution in [-0.4, -0.2) is 30.3 Å². The van der Waals surface area contributed by atoms with Crippen molar-refractivity contribution in [1.29, 1.82) is 0 Å². The fraction of sp³-hybridized carbons (Fsp3) is 0.375. The molecule has 0 bridgehead atoms. The molecule has 3 nitrogen and oxygen atoms in total. The second-order valence-corrected chi connectivity index (χ2v) is 2.59. The molecule has 1 amide bonds. The Labute approximate surface area is 78.4 Å². The predicted octanol–water partition coefficient (Wildman–Crippen LogP) is 2.07. The van der Waals surface area contributed by atoms with Gasteiger partial charge in [0, 0.05) is 12.7 Å².